The Morgan fingerprint density at radius 2 is 2.28 bits per heavy atom. The van der Waals surface area contributed by atoms with Gasteiger partial charge in [-0.2, -0.15) is 0 Å². The molecule has 1 heterocycles. The molecule has 102 valence electrons. The molecule has 0 unspecified atom stereocenters. The molecule has 0 saturated carbocycles. The van der Waals surface area contributed by atoms with Crippen LogP contribution < -0.4 is 4.72 Å². The molecule has 1 N–H and O–H groups in total. The molecule has 18 heavy (non-hydrogen) atoms. The van der Waals surface area contributed by atoms with Crippen LogP contribution in [0.3, 0.4) is 0 Å². The highest BCUT2D eigenvalue weighted by Gasteiger charge is 2.14. The first-order valence-corrected chi connectivity index (χ1v) is 8.61. The zero-order valence-corrected chi connectivity index (χ0v) is 13.0. The summed E-state index contributed by atoms with van der Waals surface area (Å²) in [5.41, 5.74) is 0. The number of hydrogen-bond donors (Lipinski definition) is 1. The van der Waals surface area contributed by atoms with Crippen LogP contribution in [0.25, 0.3) is 0 Å². The van der Waals surface area contributed by atoms with Crippen LogP contribution in [-0.4, -0.2) is 26.7 Å². The molecule has 0 bridgehead atoms. The van der Waals surface area contributed by atoms with E-state index in [9.17, 15) is 13.2 Å². The number of carbonyl (C=O) groups excluding carboxylic acids is 1. The first-order chi connectivity index (χ1) is 8.43. The lowest BCUT2D eigenvalue weighted by Gasteiger charge is -2.05. The van der Waals surface area contributed by atoms with Gasteiger partial charge < -0.3 is 4.74 Å². The number of thiophene rings is 1. The summed E-state index contributed by atoms with van der Waals surface area (Å²) >= 11 is 4.75. The average Bonchev–Trinajstić information content (AvgIpc) is 2.71. The van der Waals surface area contributed by atoms with Gasteiger partial charge in [-0.15, -0.1) is 11.3 Å². The van der Waals surface area contributed by atoms with Crippen LogP contribution in [0.1, 0.15) is 18.2 Å². The molecule has 5 nitrogen and oxygen atoms in total. The number of halogens is 1. The fraction of sp³-hybridized carbons (Fsp3) is 0.500. The van der Waals surface area contributed by atoms with E-state index in [1.54, 1.807) is 6.92 Å². The van der Waals surface area contributed by atoms with E-state index in [0.717, 1.165) is 9.35 Å². The number of ether oxygens (including phenoxy) is 1. The van der Waals surface area contributed by atoms with Crippen molar-refractivity contribution in [1.82, 2.24) is 4.72 Å². The lowest BCUT2D eigenvalue weighted by Crippen LogP contribution is -2.27. The number of hydrogen-bond acceptors (Lipinski definition) is 5. The van der Waals surface area contributed by atoms with Crippen LogP contribution in [-0.2, 0) is 26.1 Å². The van der Waals surface area contributed by atoms with Gasteiger partial charge in [0.1, 0.15) is 0 Å². The van der Waals surface area contributed by atoms with E-state index in [0.29, 0.717) is 0 Å². The molecule has 1 rings (SSSR count). The summed E-state index contributed by atoms with van der Waals surface area (Å²) < 4.78 is 31.2. The lowest BCUT2D eigenvalue weighted by molar-refractivity contribution is -0.142. The van der Waals surface area contributed by atoms with Crippen LogP contribution in [0, 0.1) is 0 Å². The van der Waals surface area contributed by atoms with Crippen molar-refractivity contribution < 1.29 is 17.9 Å². The third kappa shape index (κ3) is 5.94. The fourth-order valence-corrected chi connectivity index (χ4v) is 3.59. The molecule has 1 aromatic heterocycles. The summed E-state index contributed by atoms with van der Waals surface area (Å²) in [6.07, 6.45) is -0.128. The third-order valence-electron chi connectivity index (χ3n) is 1.97. The quantitative estimate of drug-likeness (QED) is 0.758. The second kappa shape index (κ2) is 7.22. The van der Waals surface area contributed by atoms with E-state index in [1.807, 2.05) is 11.4 Å². The van der Waals surface area contributed by atoms with Crippen molar-refractivity contribution in [3.63, 3.8) is 0 Å². The smallest absolute Gasteiger partial charge is 0.306 e. The summed E-state index contributed by atoms with van der Waals surface area (Å²) in [5, 5.41) is 1.88. The van der Waals surface area contributed by atoms with Crippen molar-refractivity contribution in [1.29, 1.82) is 0 Å². The van der Waals surface area contributed by atoms with Gasteiger partial charge in [0, 0.05) is 21.3 Å². The molecule has 0 aliphatic rings. The molecule has 0 saturated heterocycles. The van der Waals surface area contributed by atoms with Gasteiger partial charge in [0.15, 0.2) is 0 Å². The summed E-state index contributed by atoms with van der Waals surface area (Å²) in [6, 6.07) is 1.85. The number of esters is 1. The Bertz CT molecular complexity index is 498. The van der Waals surface area contributed by atoms with Gasteiger partial charge in [-0.25, -0.2) is 13.1 Å². The Morgan fingerprint density at radius 1 is 1.56 bits per heavy atom. The summed E-state index contributed by atoms with van der Waals surface area (Å²) in [5.74, 6) is -0.750. The molecular formula is C10H14BrNO4S2. The molecule has 0 atom stereocenters. The van der Waals surface area contributed by atoms with Gasteiger partial charge in [0.2, 0.25) is 10.0 Å². The maximum Gasteiger partial charge on any atom is 0.306 e. The van der Waals surface area contributed by atoms with Gasteiger partial charge in [-0.05, 0) is 28.9 Å². The molecular weight excluding hydrogens is 342 g/mol. The number of sulfonamides is 1. The third-order valence-corrected chi connectivity index (χ3v) is 4.99. The summed E-state index contributed by atoms with van der Waals surface area (Å²) in [6.45, 7) is 2.18. The van der Waals surface area contributed by atoms with Crippen molar-refractivity contribution in [2.75, 3.05) is 12.4 Å². The van der Waals surface area contributed by atoms with Crippen LogP contribution in [0.5, 0.6) is 0 Å². The molecule has 0 aromatic carbocycles. The van der Waals surface area contributed by atoms with Crippen molar-refractivity contribution in [2.45, 2.75) is 19.9 Å². The fourth-order valence-electron chi connectivity index (χ4n) is 1.15. The van der Waals surface area contributed by atoms with Gasteiger partial charge in [-0.1, -0.05) is 0 Å². The first kappa shape index (κ1) is 15.6. The number of rotatable bonds is 7. The van der Waals surface area contributed by atoms with Crippen LogP contribution >= 0.6 is 27.3 Å². The molecule has 0 radical (unpaired) electrons. The van der Waals surface area contributed by atoms with Crippen molar-refractivity contribution in [3.8, 4) is 0 Å². The zero-order valence-electron chi connectivity index (χ0n) is 9.81. The predicted octanol–water partition coefficient (Wildman–Crippen LogP) is 1.88. The SMILES string of the molecule is CCOC(=O)CCS(=O)(=O)NCc1cc(Br)cs1. The molecule has 0 fully saturated rings. The Kier molecular flexibility index (Phi) is 6.27. The molecule has 0 spiro atoms. The van der Waals surface area contributed by atoms with Gasteiger partial charge in [0.25, 0.3) is 0 Å². The normalized spacial score (nSPS) is 11.4. The molecule has 8 heteroatoms. The Balaban J connectivity index is 2.38. The zero-order chi connectivity index (χ0) is 13.6. The minimum absolute atomic E-state index is 0.128. The molecule has 1 aromatic rings. The van der Waals surface area contributed by atoms with Crippen molar-refractivity contribution >= 4 is 43.3 Å². The van der Waals surface area contributed by atoms with E-state index in [2.05, 4.69) is 25.4 Å². The van der Waals surface area contributed by atoms with Crippen molar-refractivity contribution in [3.05, 3.63) is 20.8 Å². The summed E-state index contributed by atoms with van der Waals surface area (Å²) in [7, 11) is -3.44. The van der Waals surface area contributed by atoms with Crippen LogP contribution in [0.4, 0.5) is 0 Å². The number of carbonyl (C=O) groups is 1. The van der Waals surface area contributed by atoms with Gasteiger partial charge in [-0.3, -0.25) is 4.79 Å². The van der Waals surface area contributed by atoms with E-state index in [1.165, 1.54) is 11.3 Å². The Morgan fingerprint density at radius 3 is 2.83 bits per heavy atom. The standard InChI is InChI=1S/C10H14BrNO4S2/c1-2-16-10(13)3-4-18(14,15)12-6-9-5-8(11)7-17-9/h5,7,12H,2-4,6H2,1H3. The highest BCUT2D eigenvalue weighted by molar-refractivity contribution is 9.10. The van der Waals surface area contributed by atoms with E-state index < -0.39 is 16.0 Å². The van der Waals surface area contributed by atoms with Gasteiger partial charge in [0.05, 0.1) is 18.8 Å². The predicted molar refractivity (Wildman–Crippen MR) is 73.9 cm³/mol. The maximum atomic E-state index is 11.6. The van der Waals surface area contributed by atoms with Crippen molar-refractivity contribution in [2.24, 2.45) is 0 Å². The van der Waals surface area contributed by atoms with Gasteiger partial charge >= 0.3 is 5.97 Å². The minimum Gasteiger partial charge on any atom is -0.466 e. The molecule has 0 aliphatic carbocycles. The topological polar surface area (TPSA) is 72.5 Å². The second-order valence-corrected chi connectivity index (χ2v) is 7.26. The highest BCUT2D eigenvalue weighted by Crippen LogP contribution is 2.19. The molecule has 0 aliphatic heterocycles. The Hall–Kier alpha value is -0.440. The molecule has 0 amide bonds. The van der Waals surface area contributed by atoms with E-state index in [4.69, 9.17) is 0 Å². The number of nitrogens with one attached hydrogen (secondary N) is 1. The largest absolute Gasteiger partial charge is 0.466 e. The second-order valence-electron chi connectivity index (χ2n) is 3.43. The van der Waals surface area contributed by atoms with Crippen LogP contribution in [0.2, 0.25) is 0 Å². The Labute approximate surface area is 119 Å². The maximum absolute atomic E-state index is 11.6. The monoisotopic (exact) mass is 355 g/mol. The summed E-state index contributed by atoms with van der Waals surface area (Å²) in [4.78, 5) is 12.0. The van der Waals surface area contributed by atoms with E-state index >= 15 is 0 Å². The van der Waals surface area contributed by atoms with Crippen LogP contribution in [0.15, 0.2) is 15.9 Å². The van der Waals surface area contributed by atoms with E-state index in [-0.39, 0.29) is 25.3 Å². The first-order valence-electron chi connectivity index (χ1n) is 5.29. The highest BCUT2D eigenvalue weighted by atomic mass is 79.9. The lowest BCUT2D eigenvalue weighted by atomic mass is 10.5. The minimum atomic E-state index is -3.44. The average molecular weight is 356 g/mol.